The van der Waals surface area contributed by atoms with Crippen molar-refractivity contribution in [3.63, 3.8) is 0 Å². The van der Waals surface area contributed by atoms with Crippen molar-refractivity contribution >= 4 is 11.8 Å². The van der Waals surface area contributed by atoms with E-state index in [1.165, 1.54) is 0 Å². The van der Waals surface area contributed by atoms with Gasteiger partial charge in [-0.2, -0.15) is 0 Å². The molecule has 0 heterocycles. The number of hydrogen-bond donors (Lipinski definition) is 3. The fourth-order valence-electron chi connectivity index (χ4n) is 2.39. The molecule has 3 unspecified atom stereocenters. The third kappa shape index (κ3) is 4.73. The minimum absolute atomic E-state index is 0.0226. The standard InChI is InChI=1S/C12H23N3O2/c1-8-3-4-10(9(2)5-8)15-12(17)7-14-11(16)6-13/h8-10H,3-7,13H2,1-2H3,(H,14,16)(H,15,17). The number of hydrogen-bond acceptors (Lipinski definition) is 3. The van der Waals surface area contributed by atoms with E-state index in [-0.39, 0.29) is 30.9 Å². The highest BCUT2D eigenvalue weighted by atomic mass is 16.2. The van der Waals surface area contributed by atoms with Crippen LogP contribution in [-0.4, -0.2) is 30.9 Å². The molecule has 0 aromatic carbocycles. The normalized spacial score (nSPS) is 28.5. The van der Waals surface area contributed by atoms with Crippen molar-refractivity contribution in [2.75, 3.05) is 13.1 Å². The number of nitrogens with two attached hydrogens (primary N) is 1. The molecule has 0 aliphatic heterocycles. The monoisotopic (exact) mass is 241 g/mol. The molecule has 17 heavy (non-hydrogen) atoms. The summed E-state index contributed by atoms with van der Waals surface area (Å²) in [5, 5.41) is 5.44. The van der Waals surface area contributed by atoms with Crippen LogP contribution in [0.5, 0.6) is 0 Å². The summed E-state index contributed by atoms with van der Waals surface area (Å²) in [6.07, 6.45) is 3.34. The minimum Gasteiger partial charge on any atom is -0.352 e. The Morgan fingerprint density at radius 1 is 1.24 bits per heavy atom. The molecule has 0 aromatic rings. The molecule has 1 rings (SSSR count). The van der Waals surface area contributed by atoms with E-state index in [1.807, 2.05) is 0 Å². The molecule has 0 aromatic heterocycles. The van der Waals surface area contributed by atoms with Crippen molar-refractivity contribution in [1.82, 2.24) is 10.6 Å². The predicted molar refractivity (Wildman–Crippen MR) is 66.2 cm³/mol. The molecule has 0 bridgehead atoms. The number of amides is 2. The van der Waals surface area contributed by atoms with Gasteiger partial charge in [-0.15, -0.1) is 0 Å². The Bertz CT molecular complexity index is 281. The Kier molecular flexibility index (Phi) is 5.41. The van der Waals surface area contributed by atoms with E-state index in [2.05, 4.69) is 24.5 Å². The molecular weight excluding hydrogens is 218 g/mol. The lowest BCUT2D eigenvalue weighted by molar-refractivity contribution is -0.126. The second-order valence-corrected chi connectivity index (χ2v) is 5.05. The molecule has 1 aliphatic rings. The quantitative estimate of drug-likeness (QED) is 0.648. The van der Waals surface area contributed by atoms with E-state index in [4.69, 9.17) is 5.73 Å². The molecule has 4 N–H and O–H groups in total. The van der Waals surface area contributed by atoms with Crippen LogP contribution in [0.1, 0.15) is 33.1 Å². The topological polar surface area (TPSA) is 84.2 Å². The van der Waals surface area contributed by atoms with Crippen LogP contribution in [0.2, 0.25) is 0 Å². The third-order valence-corrected chi connectivity index (χ3v) is 3.41. The van der Waals surface area contributed by atoms with Gasteiger partial charge in [0.2, 0.25) is 11.8 Å². The Morgan fingerprint density at radius 2 is 1.94 bits per heavy atom. The maximum Gasteiger partial charge on any atom is 0.239 e. The highest BCUT2D eigenvalue weighted by molar-refractivity contribution is 5.85. The molecule has 0 spiro atoms. The van der Waals surface area contributed by atoms with Crippen LogP contribution in [0.15, 0.2) is 0 Å². The Balaban J connectivity index is 2.28. The number of rotatable bonds is 4. The average molecular weight is 241 g/mol. The van der Waals surface area contributed by atoms with Gasteiger partial charge in [0, 0.05) is 6.04 Å². The number of carbonyl (C=O) groups is 2. The lowest BCUT2D eigenvalue weighted by atomic mass is 9.80. The zero-order valence-corrected chi connectivity index (χ0v) is 10.7. The van der Waals surface area contributed by atoms with E-state index in [1.54, 1.807) is 0 Å². The molecule has 0 saturated heterocycles. The van der Waals surface area contributed by atoms with Crippen molar-refractivity contribution < 1.29 is 9.59 Å². The molecular formula is C12H23N3O2. The zero-order chi connectivity index (χ0) is 12.8. The summed E-state index contributed by atoms with van der Waals surface area (Å²) in [5.74, 6) is 0.826. The molecule has 1 aliphatic carbocycles. The number of carbonyl (C=O) groups excluding carboxylic acids is 2. The maximum atomic E-state index is 11.6. The average Bonchev–Trinajstić information content (AvgIpc) is 2.29. The highest BCUT2D eigenvalue weighted by Crippen LogP contribution is 2.28. The maximum absolute atomic E-state index is 11.6. The number of nitrogens with one attached hydrogen (secondary N) is 2. The Labute approximate surface area is 103 Å². The molecule has 5 nitrogen and oxygen atoms in total. The van der Waals surface area contributed by atoms with E-state index in [0.717, 1.165) is 25.2 Å². The molecule has 1 fully saturated rings. The van der Waals surface area contributed by atoms with Gasteiger partial charge in [0.05, 0.1) is 13.1 Å². The van der Waals surface area contributed by atoms with Gasteiger partial charge in [-0.05, 0) is 31.1 Å². The van der Waals surface area contributed by atoms with Gasteiger partial charge >= 0.3 is 0 Å². The van der Waals surface area contributed by atoms with E-state index >= 15 is 0 Å². The van der Waals surface area contributed by atoms with Crippen LogP contribution >= 0.6 is 0 Å². The zero-order valence-electron chi connectivity index (χ0n) is 10.7. The van der Waals surface area contributed by atoms with Gasteiger partial charge < -0.3 is 16.4 Å². The summed E-state index contributed by atoms with van der Waals surface area (Å²) in [7, 11) is 0. The highest BCUT2D eigenvalue weighted by Gasteiger charge is 2.26. The van der Waals surface area contributed by atoms with Gasteiger partial charge in [-0.3, -0.25) is 9.59 Å². The fourth-order valence-corrected chi connectivity index (χ4v) is 2.39. The molecule has 0 radical (unpaired) electrons. The molecule has 1 saturated carbocycles. The van der Waals surface area contributed by atoms with Crippen LogP contribution in [0.4, 0.5) is 0 Å². The van der Waals surface area contributed by atoms with Crippen LogP contribution in [0.3, 0.4) is 0 Å². The van der Waals surface area contributed by atoms with Crippen molar-refractivity contribution in [2.24, 2.45) is 17.6 Å². The second kappa shape index (κ2) is 6.59. The first kappa shape index (κ1) is 14.0. The van der Waals surface area contributed by atoms with Gasteiger partial charge in [0.25, 0.3) is 0 Å². The van der Waals surface area contributed by atoms with Gasteiger partial charge in [-0.1, -0.05) is 13.8 Å². The molecule has 2 amide bonds. The first-order valence-corrected chi connectivity index (χ1v) is 6.29. The third-order valence-electron chi connectivity index (χ3n) is 3.41. The first-order valence-electron chi connectivity index (χ1n) is 6.29. The summed E-state index contributed by atoms with van der Waals surface area (Å²) in [5.41, 5.74) is 5.14. The van der Waals surface area contributed by atoms with Gasteiger partial charge in [0.1, 0.15) is 0 Å². The minimum atomic E-state index is -0.300. The Morgan fingerprint density at radius 3 is 2.53 bits per heavy atom. The SMILES string of the molecule is CC1CCC(NC(=O)CNC(=O)CN)C(C)C1. The van der Waals surface area contributed by atoms with Crippen molar-refractivity contribution in [3.05, 3.63) is 0 Å². The van der Waals surface area contributed by atoms with Crippen LogP contribution < -0.4 is 16.4 Å². The Hall–Kier alpha value is -1.10. The molecule has 3 atom stereocenters. The molecule has 5 heteroatoms. The van der Waals surface area contributed by atoms with Crippen LogP contribution in [0.25, 0.3) is 0 Å². The van der Waals surface area contributed by atoms with Gasteiger partial charge in [0.15, 0.2) is 0 Å². The second-order valence-electron chi connectivity index (χ2n) is 5.05. The lowest BCUT2D eigenvalue weighted by Crippen LogP contribution is -2.47. The fraction of sp³-hybridized carbons (Fsp3) is 0.833. The van der Waals surface area contributed by atoms with Crippen molar-refractivity contribution in [2.45, 2.75) is 39.2 Å². The van der Waals surface area contributed by atoms with E-state index in [9.17, 15) is 9.59 Å². The van der Waals surface area contributed by atoms with Crippen LogP contribution in [-0.2, 0) is 9.59 Å². The van der Waals surface area contributed by atoms with Crippen LogP contribution in [0, 0.1) is 11.8 Å². The molecule has 98 valence electrons. The summed E-state index contributed by atoms with van der Waals surface area (Å²) >= 11 is 0. The first-order chi connectivity index (χ1) is 8.02. The summed E-state index contributed by atoms with van der Waals surface area (Å²) in [4.78, 5) is 22.5. The summed E-state index contributed by atoms with van der Waals surface area (Å²) in [6.45, 7) is 4.36. The van der Waals surface area contributed by atoms with Crippen molar-refractivity contribution in [1.29, 1.82) is 0 Å². The summed E-state index contributed by atoms with van der Waals surface area (Å²) in [6, 6.07) is 0.244. The van der Waals surface area contributed by atoms with E-state index in [0.29, 0.717) is 5.92 Å². The van der Waals surface area contributed by atoms with Gasteiger partial charge in [-0.25, -0.2) is 0 Å². The van der Waals surface area contributed by atoms with E-state index < -0.39 is 0 Å². The van der Waals surface area contributed by atoms with Crippen molar-refractivity contribution in [3.8, 4) is 0 Å². The predicted octanol–water partition coefficient (Wildman–Crippen LogP) is 0.00220. The smallest absolute Gasteiger partial charge is 0.239 e. The summed E-state index contributed by atoms with van der Waals surface area (Å²) < 4.78 is 0. The largest absolute Gasteiger partial charge is 0.352 e. The lowest BCUT2D eigenvalue weighted by Gasteiger charge is -2.33.